The Morgan fingerprint density at radius 1 is 1.29 bits per heavy atom. The molecule has 2 aliphatic rings. The van der Waals surface area contributed by atoms with Crippen molar-refractivity contribution in [2.24, 2.45) is 23.2 Å². The van der Waals surface area contributed by atoms with Gasteiger partial charge in [-0.3, -0.25) is 4.79 Å². The highest BCUT2D eigenvalue weighted by molar-refractivity contribution is 5.66. The first kappa shape index (κ1) is 19.7. The molecule has 24 heavy (non-hydrogen) atoms. The highest BCUT2D eigenvalue weighted by atomic mass is 16.6. The van der Waals surface area contributed by atoms with Crippen LogP contribution in [-0.4, -0.2) is 34.0 Å². The molecule has 2 fully saturated rings. The van der Waals surface area contributed by atoms with E-state index in [-0.39, 0.29) is 17.5 Å². The Balaban J connectivity index is 1.99. The van der Waals surface area contributed by atoms with Gasteiger partial charge in [0.05, 0.1) is 11.7 Å². The van der Waals surface area contributed by atoms with Crippen LogP contribution in [0.25, 0.3) is 0 Å². The molecular formula is C20H36O4. The largest absolute Gasteiger partial charge is 0.460 e. The first-order chi connectivity index (χ1) is 11.1. The number of carbonyl (C=O) groups is 1. The van der Waals surface area contributed by atoms with E-state index in [2.05, 4.69) is 13.8 Å². The zero-order valence-corrected chi connectivity index (χ0v) is 16.0. The molecule has 2 N–H and O–H groups in total. The maximum atomic E-state index is 11.3. The van der Waals surface area contributed by atoms with Crippen LogP contribution in [0.1, 0.15) is 79.6 Å². The van der Waals surface area contributed by atoms with Gasteiger partial charge in [-0.2, -0.15) is 0 Å². The summed E-state index contributed by atoms with van der Waals surface area (Å²) < 4.78 is 5.35. The molecule has 4 heteroatoms. The van der Waals surface area contributed by atoms with E-state index in [1.54, 1.807) is 13.8 Å². The van der Waals surface area contributed by atoms with Crippen LogP contribution in [0.15, 0.2) is 0 Å². The minimum absolute atomic E-state index is 0.133. The van der Waals surface area contributed by atoms with Crippen molar-refractivity contribution >= 4 is 5.97 Å². The van der Waals surface area contributed by atoms with Crippen molar-refractivity contribution in [1.82, 2.24) is 0 Å². The number of aliphatic hydroxyl groups excluding tert-OH is 1. The molecule has 0 aromatic heterocycles. The lowest BCUT2D eigenvalue weighted by molar-refractivity contribution is -0.160. The topological polar surface area (TPSA) is 66.8 Å². The molecule has 0 amide bonds. The minimum Gasteiger partial charge on any atom is -0.460 e. The fraction of sp³-hybridized carbons (Fsp3) is 0.950. The zero-order chi connectivity index (χ0) is 18.1. The number of rotatable bonds is 6. The van der Waals surface area contributed by atoms with Crippen LogP contribution in [0, 0.1) is 23.2 Å². The summed E-state index contributed by atoms with van der Waals surface area (Å²) in [7, 11) is 0. The van der Waals surface area contributed by atoms with Crippen molar-refractivity contribution < 1.29 is 19.7 Å². The summed E-state index contributed by atoms with van der Waals surface area (Å²) in [6.45, 7) is 9.46. The Kier molecular flexibility index (Phi) is 6.02. The molecular weight excluding hydrogens is 304 g/mol. The third-order valence-corrected chi connectivity index (χ3v) is 6.83. The molecule has 0 radical (unpaired) electrons. The average Bonchev–Trinajstić information content (AvgIpc) is 2.80. The van der Waals surface area contributed by atoms with Gasteiger partial charge in [-0.05, 0) is 75.5 Å². The van der Waals surface area contributed by atoms with E-state index in [4.69, 9.17) is 4.74 Å². The minimum atomic E-state index is -1.02. The second-order valence-corrected chi connectivity index (χ2v) is 9.06. The molecule has 0 aliphatic heterocycles. The molecule has 4 nitrogen and oxygen atoms in total. The van der Waals surface area contributed by atoms with Crippen molar-refractivity contribution in [2.75, 3.05) is 0 Å². The molecule has 0 spiro atoms. The van der Waals surface area contributed by atoms with Crippen LogP contribution in [0.2, 0.25) is 0 Å². The fourth-order valence-electron chi connectivity index (χ4n) is 5.50. The number of aliphatic hydroxyl groups is 2. The first-order valence-corrected chi connectivity index (χ1v) is 9.63. The van der Waals surface area contributed by atoms with E-state index in [0.29, 0.717) is 24.2 Å². The lowest BCUT2D eigenvalue weighted by Gasteiger charge is -2.45. The first-order valence-electron chi connectivity index (χ1n) is 9.63. The number of fused-ring (bicyclic) bond motifs is 1. The van der Waals surface area contributed by atoms with Crippen LogP contribution < -0.4 is 0 Å². The molecule has 0 aromatic rings. The lowest BCUT2D eigenvalue weighted by atomic mass is 9.61. The maximum absolute atomic E-state index is 11.3. The van der Waals surface area contributed by atoms with E-state index in [1.807, 2.05) is 0 Å². The Morgan fingerprint density at radius 2 is 1.96 bits per heavy atom. The predicted octanol–water partition coefficient (Wildman–Crippen LogP) is 3.68. The molecule has 0 aromatic carbocycles. The SMILES string of the molecule is CC(=O)O[C@@H](CC[C@@H](C)[C@H]1CC[C@H]2[C@@H](O)CCC[C@]12C)C(C)(C)O. The molecule has 0 unspecified atom stereocenters. The van der Waals surface area contributed by atoms with Gasteiger partial charge < -0.3 is 14.9 Å². The van der Waals surface area contributed by atoms with Gasteiger partial charge in [-0.15, -0.1) is 0 Å². The van der Waals surface area contributed by atoms with E-state index in [9.17, 15) is 15.0 Å². The van der Waals surface area contributed by atoms with Gasteiger partial charge in [0.15, 0.2) is 0 Å². The van der Waals surface area contributed by atoms with Crippen LogP contribution in [0.4, 0.5) is 0 Å². The number of hydrogen-bond acceptors (Lipinski definition) is 4. The van der Waals surface area contributed by atoms with Crippen LogP contribution in [0.5, 0.6) is 0 Å². The van der Waals surface area contributed by atoms with Crippen molar-refractivity contribution in [2.45, 2.75) is 97.4 Å². The zero-order valence-electron chi connectivity index (χ0n) is 16.0. The number of carbonyl (C=O) groups excluding carboxylic acids is 1. The van der Waals surface area contributed by atoms with Gasteiger partial charge in [-0.1, -0.05) is 20.3 Å². The second-order valence-electron chi connectivity index (χ2n) is 9.06. The fourth-order valence-corrected chi connectivity index (χ4v) is 5.50. The average molecular weight is 341 g/mol. The Hall–Kier alpha value is -0.610. The molecule has 2 saturated carbocycles. The number of esters is 1. The third-order valence-electron chi connectivity index (χ3n) is 6.83. The van der Waals surface area contributed by atoms with Crippen molar-refractivity contribution in [3.05, 3.63) is 0 Å². The Labute approximate surface area is 147 Å². The molecule has 2 aliphatic carbocycles. The quantitative estimate of drug-likeness (QED) is 0.724. The Bertz CT molecular complexity index is 441. The smallest absolute Gasteiger partial charge is 0.303 e. The van der Waals surface area contributed by atoms with Gasteiger partial charge in [0, 0.05) is 6.92 Å². The summed E-state index contributed by atoms with van der Waals surface area (Å²) in [5.41, 5.74) is -0.780. The molecule has 140 valence electrons. The number of hydrogen-bond donors (Lipinski definition) is 2. The molecule has 6 atom stereocenters. The second kappa shape index (κ2) is 7.33. The molecule has 0 saturated heterocycles. The normalized spacial score (nSPS) is 36.0. The van der Waals surface area contributed by atoms with Gasteiger partial charge in [0.2, 0.25) is 0 Å². The summed E-state index contributed by atoms with van der Waals surface area (Å²) in [5.74, 6) is 1.22. The van der Waals surface area contributed by atoms with Crippen LogP contribution >= 0.6 is 0 Å². The molecule has 2 rings (SSSR count). The third kappa shape index (κ3) is 4.13. The van der Waals surface area contributed by atoms with E-state index < -0.39 is 11.7 Å². The van der Waals surface area contributed by atoms with E-state index in [1.165, 1.54) is 19.8 Å². The standard InChI is InChI=1S/C20H36O4/c1-13(8-11-18(19(3,4)23)24-14(2)21)15-9-10-16-17(22)7-6-12-20(15,16)5/h13,15-18,22-23H,6-12H2,1-5H3/t13-,15-,16+,17+,18+,20-/m1/s1. The van der Waals surface area contributed by atoms with Crippen molar-refractivity contribution in [1.29, 1.82) is 0 Å². The van der Waals surface area contributed by atoms with Crippen molar-refractivity contribution in [3.8, 4) is 0 Å². The van der Waals surface area contributed by atoms with Crippen molar-refractivity contribution in [3.63, 3.8) is 0 Å². The number of ether oxygens (including phenoxy) is 1. The highest BCUT2D eigenvalue weighted by Crippen LogP contribution is 2.58. The monoisotopic (exact) mass is 340 g/mol. The summed E-state index contributed by atoms with van der Waals surface area (Å²) >= 11 is 0. The van der Waals surface area contributed by atoms with Crippen LogP contribution in [0.3, 0.4) is 0 Å². The van der Waals surface area contributed by atoms with Crippen LogP contribution in [-0.2, 0) is 9.53 Å². The van der Waals surface area contributed by atoms with Gasteiger partial charge in [0.25, 0.3) is 0 Å². The summed E-state index contributed by atoms with van der Waals surface area (Å²) in [6.07, 6.45) is 6.63. The predicted molar refractivity (Wildman–Crippen MR) is 94.4 cm³/mol. The lowest BCUT2D eigenvalue weighted by Crippen LogP contribution is -2.42. The maximum Gasteiger partial charge on any atom is 0.303 e. The van der Waals surface area contributed by atoms with E-state index >= 15 is 0 Å². The summed E-state index contributed by atoms with van der Waals surface area (Å²) in [6, 6.07) is 0. The summed E-state index contributed by atoms with van der Waals surface area (Å²) in [5, 5.41) is 20.6. The van der Waals surface area contributed by atoms with Gasteiger partial charge in [0.1, 0.15) is 6.10 Å². The van der Waals surface area contributed by atoms with Gasteiger partial charge >= 0.3 is 5.97 Å². The molecule has 0 bridgehead atoms. The molecule has 0 heterocycles. The Morgan fingerprint density at radius 3 is 2.54 bits per heavy atom. The summed E-state index contributed by atoms with van der Waals surface area (Å²) in [4.78, 5) is 11.3. The van der Waals surface area contributed by atoms with E-state index in [0.717, 1.165) is 25.7 Å². The van der Waals surface area contributed by atoms with Gasteiger partial charge in [-0.25, -0.2) is 0 Å². The highest BCUT2D eigenvalue weighted by Gasteiger charge is 2.52.